The molecule has 1 aliphatic rings. The maximum atomic E-state index is 12.4. The molecule has 0 aliphatic carbocycles. The largest absolute Gasteiger partial charge is 0.459 e. The molecule has 1 saturated heterocycles. The zero-order valence-corrected chi connectivity index (χ0v) is 13.7. The third-order valence-electron chi connectivity index (χ3n) is 4.31. The molecule has 0 aromatic carbocycles. The van der Waals surface area contributed by atoms with Gasteiger partial charge in [0.05, 0.1) is 11.6 Å². The first-order valence-corrected chi connectivity index (χ1v) is 8.03. The Hall–Kier alpha value is -2.83. The Bertz CT molecular complexity index is 876. The molecule has 0 saturated carbocycles. The van der Waals surface area contributed by atoms with Crippen LogP contribution in [-0.4, -0.2) is 51.9 Å². The van der Waals surface area contributed by atoms with Gasteiger partial charge in [-0.3, -0.25) is 4.79 Å². The predicted octanol–water partition coefficient (Wildman–Crippen LogP) is 2.13. The fourth-order valence-electron chi connectivity index (χ4n) is 3.15. The second kappa shape index (κ2) is 5.67. The van der Waals surface area contributed by atoms with Crippen molar-refractivity contribution in [2.75, 3.05) is 31.1 Å². The fraction of sp³-hybridized carbons (Fsp3) is 0.353. The van der Waals surface area contributed by atoms with Gasteiger partial charge < -0.3 is 19.2 Å². The van der Waals surface area contributed by atoms with E-state index in [1.807, 2.05) is 18.7 Å². The number of nitrogens with one attached hydrogen (secondary N) is 1. The van der Waals surface area contributed by atoms with Crippen LogP contribution in [0, 0.1) is 13.8 Å². The monoisotopic (exact) mass is 325 g/mol. The summed E-state index contributed by atoms with van der Waals surface area (Å²) in [5.74, 6) is 2.02. The van der Waals surface area contributed by atoms with E-state index >= 15 is 0 Å². The number of aromatic nitrogens is 3. The number of carbonyl (C=O) groups is 1. The average Bonchev–Trinajstić information content (AvgIpc) is 3.22. The van der Waals surface area contributed by atoms with E-state index in [0.29, 0.717) is 18.8 Å². The van der Waals surface area contributed by atoms with Gasteiger partial charge in [0.2, 0.25) is 0 Å². The molecule has 1 fully saturated rings. The first-order valence-electron chi connectivity index (χ1n) is 8.03. The lowest BCUT2D eigenvalue weighted by Gasteiger charge is -2.35. The van der Waals surface area contributed by atoms with Gasteiger partial charge >= 0.3 is 0 Å². The molecular weight excluding hydrogens is 306 g/mol. The normalized spacial score (nSPS) is 15.2. The minimum atomic E-state index is -0.0545. The van der Waals surface area contributed by atoms with Gasteiger partial charge in [-0.15, -0.1) is 0 Å². The number of hydrogen-bond acceptors (Lipinski definition) is 5. The molecular formula is C17H19N5O2. The summed E-state index contributed by atoms with van der Waals surface area (Å²) in [6, 6.07) is 5.51. The highest BCUT2D eigenvalue weighted by Crippen LogP contribution is 2.25. The molecule has 0 unspecified atom stereocenters. The van der Waals surface area contributed by atoms with Crippen LogP contribution in [-0.2, 0) is 0 Å². The van der Waals surface area contributed by atoms with Gasteiger partial charge in [-0.25, -0.2) is 9.97 Å². The lowest BCUT2D eigenvalue weighted by molar-refractivity contribution is 0.0714. The highest BCUT2D eigenvalue weighted by Gasteiger charge is 2.25. The number of fused-ring (bicyclic) bond motifs is 1. The summed E-state index contributed by atoms with van der Waals surface area (Å²) in [6.45, 7) is 6.68. The SMILES string of the molecule is Cc1nc(N2CCN(C(=O)c3ccco3)CC2)c2cc(C)[nH]c2n1. The van der Waals surface area contributed by atoms with Gasteiger partial charge in [0.25, 0.3) is 5.91 Å². The van der Waals surface area contributed by atoms with Crippen molar-refractivity contribution in [3.63, 3.8) is 0 Å². The maximum Gasteiger partial charge on any atom is 0.289 e. The number of H-pyrrole nitrogens is 1. The summed E-state index contributed by atoms with van der Waals surface area (Å²) in [7, 11) is 0. The van der Waals surface area contributed by atoms with Crippen LogP contribution in [0.15, 0.2) is 28.9 Å². The fourth-order valence-corrected chi connectivity index (χ4v) is 3.15. The summed E-state index contributed by atoms with van der Waals surface area (Å²) in [5, 5.41) is 1.03. The van der Waals surface area contributed by atoms with Crippen LogP contribution in [0.25, 0.3) is 11.0 Å². The second-order valence-corrected chi connectivity index (χ2v) is 6.07. The van der Waals surface area contributed by atoms with E-state index in [4.69, 9.17) is 4.42 Å². The minimum Gasteiger partial charge on any atom is -0.459 e. The van der Waals surface area contributed by atoms with Crippen LogP contribution >= 0.6 is 0 Å². The predicted molar refractivity (Wildman–Crippen MR) is 90.2 cm³/mol. The zero-order valence-electron chi connectivity index (χ0n) is 13.7. The van der Waals surface area contributed by atoms with Gasteiger partial charge in [0.1, 0.15) is 17.3 Å². The van der Waals surface area contributed by atoms with E-state index < -0.39 is 0 Å². The van der Waals surface area contributed by atoms with Crippen molar-refractivity contribution in [3.05, 3.63) is 41.7 Å². The molecule has 7 nitrogen and oxygen atoms in total. The summed E-state index contributed by atoms with van der Waals surface area (Å²) in [4.78, 5) is 28.8. The van der Waals surface area contributed by atoms with Crippen molar-refractivity contribution in [2.45, 2.75) is 13.8 Å². The van der Waals surface area contributed by atoms with Gasteiger partial charge in [0, 0.05) is 31.9 Å². The van der Waals surface area contributed by atoms with Crippen LogP contribution < -0.4 is 4.90 Å². The van der Waals surface area contributed by atoms with Gasteiger partial charge in [-0.05, 0) is 32.0 Å². The molecule has 1 aliphatic heterocycles. The molecule has 0 spiro atoms. The second-order valence-electron chi connectivity index (χ2n) is 6.07. The topological polar surface area (TPSA) is 78.3 Å². The smallest absolute Gasteiger partial charge is 0.289 e. The Morgan fingerprint density at radius 2 is 2.00 bits per heavy atom. The number of anilines is 1. The quantitative estimate of drug-likeness (QED) is 0.781. The first kappa shape index (κ1) is 14.7. The Morgan fingerprint density at radius 1 is 1.21 bits per heavy atom. The molecule has 124 valence electrons. The number of aryl methyl sites for hydroxylation is 2. The van der Waals surface area contributed by atoms with Crippen molar-refractivity contribution in [2.24, 2.45) is 0 Å². The van der Waals surface area contributed by atoms with Crippen LogP contribution in [0.5, 0.6) is 0 Å². The van der Waals surface area contributed by atoms with Gasteiger partial charge in [0.15, 0.2) is 5.76 Å². The van der Waals surface area contributed by atoms with E-state index in [-0.39, 0.29) is 5.91 Å². The third kappa shape index (κ3) is 2.51. The lowest BCUT2D eigenvalue weighted by atomic mass is 10.2. The highest BCUT2D eigenvalue weighted by molar-refractivity contribution is 5.92. The molecule has 1 N–H and O–H groups in total. The molecule has 0 radical (unpaired) electrons. The molecule has 0 bridgehead atoms. The van der Waals surface area contributed by atoms with Crippen LogP contribution in [0.1, 0.15) is 22.1 Å². The molecule has 7 heteroatoms. The van der Waals surface area contributed by atoms with Crippen LogP contribution in [0.4, 0.5) is 5.82 Å². The van der Waals surface area contributed by atoms with E-state index in [1.54, 1.807) is 12.1 Å². The lowest BCUT2D eigenvalue weighted by Crippen LogP contribution is -2.49. The summed E-state index contributed by atoms with van der Waals surface area (Å²) in [6.07, 6.45) is 1.53. The van der Waals surface area contributed by atoms with Crippen molar-refractivity contribution < 1.29 is 9.21 Å². The zero-order chi connectivity index (χ0) is 16.7. The Kier molecular flexibility index (Phi) is 3.48. The van der Waals surface area contributed by atoms with E-state index in [0.717, 1.165) is 41.5 Å². The molecule has 0 atom stereocenters. The standard InChI is InChI=1S/C17H19N5O2/c1-11-10-13-15(18-11)19-12(2)20-16(13)21-5-7-22(8-6-21)17(23)14-4-3-9-24-14/h3-4,9-10H,5-8H2,1-2H3,(H,18,19,20). The molecule has 1 amide bonds. The number of rotatable bonds is 2. The number of aromatic amines is 1. The molecule has 3 aromatic rings. The number of nitrogens with zero attached hydrogens (tertiary/aromatic N) is 4. The van der Waals surface area contributed by atoms with Crippen LogP contribution in [0.2, 0.25) is 0 Å². The summed E-state index contributed by atoms with van der Waals surface area (Å²) in [5.41, 5.74) is 1.93. The average molecular weight is 325 g/mol. The molecule has 4 heterocycles. The van der Waals surface area contributed by atoms with Crippen molar-refractivity contribution in [1.29, 1.82) is 0 Å². The number of hydrogen-bond donors (Lipinski definition) is 1. The molecule has 4 rings (SSSR count). The van der Waals surface area contributed by atoms with Crippen molar-refractivity contribution in [1.82, 2.24) is 19.9 Å². The molecule has 3 aromatic heterocycles. The van der Waals surface area contributed by atoms with Crippen LogP contribution in [0.3, 0.4) is 0 Å². The van der Waals surface area contributed by atoms with Crippen molar-refractivity contribution in [3.8, 4) is 0 Å². The Balaban J connectivity index is 1.55. The number of piperazine rings is 1. The minimum absolute atomic E-state index is 0.0545. The summed E-state index contributed by atoms with van der Waals surface area (Å²) >= 11 is 0. The van der Waals surface area contributed by atoms with E-state index in [1.165, 1.54) is 6.26 Å². The van der Waals surface area contributed by atoms with Gasteiger partial charge in [-0.2, -0.15) is 0 Å². The number of carbonyl (C=O) groups excluding carboxylic acids is 1. The van der Waals surface area contributed by atoms with Gasteiger partial charge in [-0.1, -0.05) is 0 Å². The Morgan fingerprint density at radius 3 is 2.71 bits per heavy atom. The number of furan rings is 1. The Labute approximate surface area is 139 Å². The summed E-state index contributed by atoms with van der Waals surface area (Å²) < 4.78 is 5.21. The third-order valence-corrected chi connectivity index (χ3v) is 4.31. The van der Waals surface area contributed by atoms with E-state index in [9.17, 15) is 4.79 Å². The maximum absolute atomic E-state index is 12.4. The molecule has 24 heavy (non-hydrogen) atoms. The first-order chi connectivity index (χ1) is 11.6. The number of amides is 1. The highest BCUT2D eigenvalue weighted by atomic mass is 16.3. The van der Waals surface area contributed by atoms with E-state index in [2.05, 4.69) is 25.9 Å². The van der Waals surface area contributed by atoms with Crippen molar-refractivity contribution >= 4 is 22.8 Å².